The van der Waals surface area contributed by atoms with Crippen LogP contribution in [0.4, 0.5) is 0 Å². The summed E-state index contributed by atoms with van der Waals surface area (Å²) in [5, 5.41) is 4.46. The number of piperidine rings is 1. The summed E-state index contributed by atoms with van der Waals surface area (Å²) < 4.78 is 5.99. The van der Waals surface area contributed by atoms with Crippen molar-refractivity contribution in [2.45, 2.75) is 19.4 Å². The van der Waals surface area contributed by atoms with E-state index in [0.717, 1.165) is 39.4 Å². The molecule has 2 fully saturated rings. The average Bonchev–Trinajstić information content (AvgIpc) is 2.96. The molecule has 2 aliphatic rings. The molecule has 3 rings (SSSR count). The Kier molecular flexibility index (Phi) is 6.10. The Hall–Kier alpha value is -0.460. The molecule has 1 aromatic rings. The zero-order valence-corrected chi connectivity index (χ0v) is 15.5. The lowest BCUT2D eigenvalue weighted by Gasteiger charge is -2.42. The Bertz CT molecular complexity index is 455. The zero-order valence-electron chi connectivity index (χ0n) is 14.7. The Labute approximate surface area is 145 Å². The minimum absolute atomic E-state index is 0.383. The van der Waals surface area contributed by atoms with Crippen LogP contribution < -0.4 is 0 Å². The van der Waals surface area contributed by atoms with E-state index in [1.54, 1.807) is 11.3 Å². The van der Waals surface area contributed by atoms with Crippen LogP contribution in [0.15, 0.2) is 16.8 Å². The lowest BCUT2D eigenvalue weighted by Crippen LogP contribution is -2.47. The van der Waals surface area contributed by atoms with Gasteiger partial charge in [0.25, 0.3) is 0 Å². The topological polar surface area (TPSA) is 19.0 Å². The maximum Gasteiger partial charge on any atom is 0.0593 e. The Morgan fingerprint density at radius 3 is 2.74 bits per heavy atom. The molecule has 3 heterocycles. The van der Waals surface area contributed by atoms with Gasteiger partial charge in [-0.2, -0.15) is 11.3 Å². The highest BCUT2D eigenvalue weighted by molar-refractivity contribution is 7.07. The molecule has 0 atom stereocenters. The number of likely N-dealkylation sites (N-methyl/N-ethyl adjacent to an activating group) is 1. The molecule has 1 spiro atoms. The van der Waals surface area contributed by atoms with Crippen molar-refractivity contribution in [3.8, 4) is 0 Å². The van der Waals surface area contributed by atoms with Crippen molar-refractivity contribution >= 4 is 11.3 Å². The first-order valence-electron chi connectivity index (χ1n) is 8.84. The van der Waals surface area contributed by atoms with Gasteiger partial charge < -0.3 is 9.64 Å². The quantitative estimate of drug-likeness (QED) is 0.820. The molecule has 0 saturated carbocycles. The number of hydrogen-bond acceptors (Lipinski definition) is 5. The van der Waals surface area contributed by atoms with Crippen LogP contribution in [0.25, 0.3) is 0 Å². The number of nitrogens with zero attached hydrogens (tertiary/aromatic N) is 3. The Morgan fingerprint density at radius 2 is 2.04 bits per heavy atom. The van der Waals surface area contributed by atoms with Crippen LogP contribution in [-0.4, -0.2) is 81.3 Å². The van der Waals surface area contributed by atoms with Crippen molar-refractivity contribution in [3.63, 3.8) is 0 Å². The molecule has 4 nitrogen and oxygen atoms in total. The van der Waals surface area contributed by atoms with Gasteiger partial charge in [-0.05, 0) is 62.4 Å². The highest BCUT2D eigenvalue weighted by Gasteiger charge is 2.37. The maximum absolute atomic E-state index is 5.99. The monoisotopic (exact) mass is 337 g/mol. The molecule has 0 bridgehead atoms. The average molecular weight is 338 g/mol. The van der Waals surface area contributed by atoms with Gasteiger partial charge in [0.2, 0.25) is 0 Å². The number of ether oxygens (including phenoxy) is 1. The standard InChI is InChI=1S/C18H31N3OS/c1-19(2)8-9-21-10-11-22-16-18(15-21)4-6-20(7-5-18)13-17-3-12-23-14-17/h3,12,14H,4-11,13,15-16H2,1-2H3. The van der Waals surface area contributed by atoms with Gasteiger partial charge >= 0.3 is 0 Å². The highest BCUT2D eigenvalue weighted by Crippen LogP contribution is 2.34. The van der Waals surface area contributed by atoms with Crippen molar-refractivity contribution < 1.29 is 4.74 Å². The molecule has 0 N–H and O–H groups in total. The fraction of sp³-hybridized carbons (Fsp3) is 0.778. The molecule has 0 aliphatic carbocycles. The lowest BCUT2D eigenvalue weighted by molar-refractivity contribution is 0.0127. The second kappa shape index (κ2) is 8.08. The van der Waals surface area contributed by atoms with Crippen LogP contribution in [0.2, 0.25) is 0 Å². The molecule has 5 heteroatoms. The number of hydrogen-bond donors (Lipinski definition) is 0. The predicted molar refractivity (Wildman–Crippen MR) is 97.1 cm³/mol. The summed E-state index contributed by atoms with van der Waals surface area (Å²) in [5.74, 6) is 0. The number of thiophene rings is 1. The van der Waals surface area contributed by atoms with Crippen molar-refractivity contribution in [1.82, 2.24) is 14.7 Å². The highest BCUT2D eigenvalue weighted by atomic mass is 32.1. The fourth-order valence-electron chi connectivity index (χ4n) is 3.74. The van der Waals surface area contributed by atoms with Crippen LogP contribution in [0.3, 0.4) is 0 Å². The molecule has 0 unspecified atom stereocenters. The second-order valence-corrected chi connectivity index (χ2v) is 8.32. The first-order valence-corrected chi connectivity index (χ1v) is 9.78. The van der Waals surface area contributed by atoms with E-state index in [-0.39, 0.29) is 0 Å². The predicted octanol–water partition coefficient (Wildman–Crippen LogP) is 2.22. The smallest absolute Gasteiger partial charge is 0.0593 e. The van der Waals surface area contributed by atoms with E-state index in [2.05, 4.69) is 45.6 Å². The molecule has 23 heavy (non-hydrogen) atoms. The van der Waals surface area contributed by atoms with Gasteiger partial charge in [-0.15, -0.1) is 0 Å². The molecule has 0 aromatic carbocycles. The van der Waals surface area contributed by atoms with Crippen LogP contribution in [0.1, 0.15) is 18.4 Å². The Balaban J connectivity index is 1.52. The molecular weight excluding hydrogens is 306 g/mol. The first-order chi connectivity index (χ1) is 11.2. The summed E-state index contributed by atoms with van der Waals surface area (Å²) in [6.45, 7) is 10.00. The van der Waals surface area contributed by atoms with Crippen LogP contribution in [-0.2, 0) is 11.3 Å². The number of rotatable bonds is 5. The largest absolute Gasteiger partial charge is 0.379 e. The molecule has 0 radical (unpaired) electrons. The minimum atomic E-state index is 0.383. The van der Waals surface area contributed by atoms with Gasteiger partial charge in [0.15, 0.2) is 0 Å². The number of likely N-dealkylation sites (tertiary alicyclic amines) is 1. The lowest BCUT2D eigenvalue weighted by atomic mass is 9.78. The van der Waals surface area contributed by atoms with Gasteiger partial charge in [0.05, 0.1) is 13.2 Å². The molecule has 2 saturated heterocycles. The summed E-state index contributed by atoms with van der Waals surface area (Å²) >= 11 is 1.80. The van der Waals surface area contributed by atoms with Crippen LogP contribution in [0.5, 0.6) is 0 Å². The summed E-state index contributed by atoms with van der Waals surface area (Å²) in [7, 11) is 4.32. The molecule has 1 aromatic heterocycles. The van der Waals surface area contributed by atoms with Gasteiger partial charge in [0.1, 0.15) is 0 Å². The first kappa shape index (κ1) is 17.4. The van der Waals surface area contributed by atoms with E-state index in [1.165, 1.54) is 38.0 Å². The van der Waals surface area contributed by atoms with Gasteiger partial charge in [0, 0.05) is 38.1 Å². The fourth-order valence-corrected chi connectivity index (χ4v) is 4.40. The molecule has 0 amide bonds. The summed E-state index contributed by atoms with van der Waals surface area (Å²) in [4.78, 5) is 7.52. The van der Waals surface area contributed by atoms with E-state index < -0.39 is 0 Å². The zero-order chi connectivity index (χ0) is 16.1. The SMILES string of the molecule is CN(C)CCN1CCOCC2(CCN(Cc3ccsc3)CC2)C1. The van der Waals surface area contributed by atoms with Crippen LogP contribution >= 0.6 is 11.3 Å². The van der Waals surface area contributed by atoms with Crippen molar-refractivity contribution in [1.29, 1.82) is 0 Å². The van der Waals surface area contributed by atoms with E-state index in [1.807, 2.05) is 0 Å². The molecular formula is C18H31N3OS. The normalized spacial score (nSPS) is 23.4. The van der Waals surface area contributed by atoms with E-state index in [4.69, 9.17) is 4.74 Å². The van der Waals surface area contributed by atoms with Crippen LogP contribution in [0, 0.1) is 5.41 Å². The summed E-state index contributed by atoms with van der Waals surface area (Å²) in [5.41, 5.74) is 1.85. The van der Waals surface area contributed by atoms with Gasteiger partial charge in [-0.25, -0.2) is 0 Å². The Morgan fingerprint density at radius 1 is 1.22 bits per heavy atom. The third-order valence-electron chi connectivity index (χ3n) is 5.29. The summed E-state index contributed by atoms with van der Waals surface area (Å²) in [6, 6.07) is 2.26. The van der Waals surface area contributed by atoms with Crippen molar-refractivity contribution in [3.05, 3.63) is 22.4 Å². The summed E-state index contributed by atoms with van der Waals surface area (Å²) in [6.07, 6.45) is 2.55. The van der Waals surface area contributed by atoms with Gasteiger partial charge in [-0.3, -0.25) is 9.80 Å². The van der Waals surface area contributed by atoms with Crippen molar-refractivity contribution in [2.24, 2.45) is 5.41 Å². The third kappa shape index (κ3) is 5.00. The van der Waals surface area contributed by atoms with Crippen molar-refractivity contribution in [2.75, 3.05) is 66.6 Å². The van der Waals surface area contributed by atoms with Gasteiger partial charge in [-0.1, -0.05) is 0 Å². The minimum Gasteiger partial charge on any atom is -0.379 e. The maximum atomic E-state index is 5.99. The molecule has 130 valence electrons. The van der Waals surface area contributed by atoms with E-state index >= 15 is 0 Å². The molecule has 2 aliphatic heterocycles. The second-order valence-electron chi connectivity index (χ2n) is 7.54. The third-order valence-corrected chi connectivity index (χ3v) is 6.02. The van der Waals surface area contributed by atoms with E-state index in [0.29, 0.717) is 5.41 Å². The van der Waals surface area contributed by atoms with E-state index in [9.17, 15) is 0 Å².